The summed E-state index contributed by atoms with van der Waals surface area (Å²) in [6, 6.07) is -0.200. The summed E-state index contributed by atoms with van der Waals surface area (Å²) in [5.74, 6) is -0.513. The number of carbonyl (C=O) groups is 1. The number of rotatable bonds is 4. The Hall–Kier alpha value is -0.940. The number of hydrogen-bond donors (Lipinski definition) is 2. The van der Waals surface area contributed by atoms with Crippen molar-refractivity contribution in [1.82, 2.24) is 4.98 Å². The number of thiazole rings is 1. The normalized spacial score (nSPS) is 13.1. The minimum absolute atomic E-state index is 0.200. The fraction of sp³-hybridized carbons (Fsp3) is 0.600. The fourth-order valence-corrected chi connectivity index (χ4v) is 2.14. The Morgan fingerprint density at radius 2 is 2.13 bits per heavy atom. The Balaban J connectivity index is 3.06. The van der Waals surface area contributed by atoms with Gasteiger partial charge in [0, 0.05) is 0 Å². The summed E-state index contributed by atoms with van der Waals surface area (Å²) < 4.78 is 0. The van der Waals surface area contributed by atoms with Gasteiger partial charge in [0.1, 0.15) is 9.88 Å². The van der Waals surface area contributed by atoms with Crippen molar-refractivity contribution in [3.8, 4) is 0 Å². The number of carboxylic acid groups (broad SMARTS) is 1. The van der Waals surface area contributed by atoms with Crippen LogP contribution in [0, 0.1) is 5.92 Å². The zero-order chi connectivity index (χ0) is 11.6. The zero-order valence-electron chi connectivity index (χ0n) is 9.15. The minimum atomic E-state index is -0.907. The van der Waals surface area contributed by atoms with Gasteiger partial charge in [-0.05, 0) is 19.3 Å². The molecular formula is C10H16N2O2S. The molecule has 84 valence electrons. The van der Waals surface area contributed by atoms with Crippen molar-refractivity contribution < 1.29 is 9.90 Å². The summed E-state index contributed by atoms with van der Waals surface area (Å²) >= 11 is 1.18. The van der Waals surface area contributed by atoms with Gasteiger partial charge < -0.3 is 10.8 Å². The van der Waals surface area contributed by atoms with Crippen LogP contribution in [-0.4, -0.2) is 16.1 Å². The van der Waals surface area contributed by atoms with Gasteiger partial charge in [-0.1, -0.05) is 13.8 Å². The summed E-state index contributed by atoms with van der Waals surface area (Å²) in [7, 11) is 0. The van der Waals surface area contributed by atoms with Gasteiger partial charge in [-0.2, -0.15) is 0 Å². The molecule has 0 aliphatic carbocycles. The van der Waals surface area contributed by atoms with Crippen molar-refractivity contribution in [3.05, 3.63) is 15.6 Å². The SMILES string of the molecule is CC(C)Cc1nc(C(C)N)sc1C(=O)O. The molecule has 4 nitrogen and oxygen atoms in total. The maximum absolute atomic E-state index is 11.0. The summed E-state index contributed by atoms with van der Waals surface area (Å²) in [4.78, 5) is 15.6. The van der Waals surface area contributed by atoms with E-state index in [0.29, 0.717) is 27.9 Å². The molecule has 1 atom stereocenters. The van der Waals surface area contributed by atoms with Gasteiger partial charge in [-0.15, -0.1) is 11.3 Å². The molecule has 1 heterocycles. The molecule has 1 rings (SSSR count). The first-order valence-electron chi connectivity index (χ1n) is 4.90. The van der Waals surface area contributed by atoms with E-state index < -0.39 is 5.97 Å². The zero-order valence-corrected chi connectivity index (χ0v) is 9.97. The quantitative estimate of drug-likeness (QED) is 0.827. The Labute approximate surface area is 93.1 Å². The van der Waals surface area contributed by atoms with Crippen molar-refractivity contribution in [2.24, 2.45) is 11.7 Å². The number of nitrogens with zero attached hydrogens (tertiary/aromatic N) is 1. The van der Waals surface area contributed by atoms with Crippen LogP contribution >= 0.6 is 11.3 Å². The maximum atomic E-state index is 11.0. The van der Waals surface area contributed by atoms with E-state index in [2.05, 4.69) is 4.98 Å². The van der Waals surface area contributed by atoms with Gasteiger partial charge in [0.05, 0.1) is 11.7 Å². The second-order valence-corrected chi connectivity index (χ2v) is 5.05. The van der Waals surface area contributed by atoms with Gasteiger partial charge in [0.25, 0.3) is 0 Å². The Morgan fingerprint density at radius 3 is 2.53 bits per heavy atom. The Bertz CT molecular complexity index is 358. The summed E-state index contributed by atoms with van der Waals surface area (Å²) in [6.45, 7) is 5.89. The molecule has 1 aromatic rings. The van der Waals surface area contributed by atoms with Crippen molar-refractivity contribution in [2.45, 2.75) is 33.2 Å². The molecule has 5 heteroatoms. The Morgan fingerprint density at radius 1 is 1.53 bits per heavy atom. The topological polar surface area (TPSA) is 76.2 Å². The van der Waals surface area contributed by atoms with E-state index in [1.54, 1.807) is 0 Å². The monoisotopic (exact) mass is 228 g/mol. The van der Waals surface area contributed by atoms with E-state index in [1.807, 2.05) is 20.8 Å². The van der Waals surface area contributed by atoms with Crippen molar-refractivity contribution in [3.63, 3.8) is 0 Å². The van der Waals surface area contributed by atoms with E-state index in [1.165, 1.54) is 11.3 Å². The van der Waals surface area contributed by atoms with Gasteiger partial charge in [0.2, 0.25) is 0 Å². The number of aromatic nitrogens is 1. The van der Waals surface area contributed by atoms with Crippen LogP contribution in [0.15, 0.2) is 0 Å². The summed E-state index contributed by atoms with van der Waals surface area (Å²) in [5.41, 5.74) is 6.34. The predicted octanol–water partition coefficient (Wildman–Crippen LogP) is 2.06. The number of aromatic carboxylic acids is 1. The van der Waals surface area contributed by atoms with E-state index in [0.717, 1.165) is 0 Å². The molecule has 0 fully saturated rings. The maximum Gasteiger partial charge on any atom is 0.347 e. The molecule has 0 amide bonds. The van der Waals surface area contributed by atoms with Crippen molar-refractivity contribution in [1.29, 1.82) is 0 Å². The molecule has 0 aromatic carbocycles. The highest BCUT2D eigenvalue weighted by molar-refractivity contribution is 7.13. The molecule has 0 bridgehead atoms. The van der Waals surface area contributed by atoms with E-state index in [4.69, 9.17) is 10.8 Å². The number of hydrogen-bond acceptors (Lipinski definition) is 4. The third-order valence-corrected chi connectivity index (χ3v) is 3.19. The lowest BCUT2D eigenvalue weighted by Crippen LogP contribution is -2.05. The molecule has 0 aliphatic heterocycles. The summed E-state index contributed by atoms with van der Waals surface area (Å²) in [6.07, 6.45) is 0.685. The van der Waals surface area contributed by atoms with E-state index in [9.17, 15) is 4.79 Å². The van der Waals surface area contributed by atoms with E-state index >= 15 is 0 Å². The van der Waals surface area contributed by atoms with Crippen LogP contribution in [0.3, 0.4) is 0 Å². The molecule has 3 N–H and O–H groups in total. The minimum Gasteiger partial charge on any atom is -0.477 e. The third-order valence-electron chi connectivity index (χ3n) is 1.90. The van der Waals surface area contributed by atoms with Gasteiger partial charge >= 0.3 is 5.97 Å². The molecule has 0 radical (unpaired) electrons. The molecule has 0 spiro atoms. The second-order valence-electron chi connectivity index (χ2n) is 4.02. The van der Waals surface area contributed by atoms with Crippen LogP contribution in [0.5, 0.6) is 0 Å². The lowest BCUT2D eigenvalue weighted by molar-refractivity contribution is 0.0700. The first kappa shape index (κ1) is 12.1. The average Bonchev–Trinajstić information content (AvgIpc) is 2.46. The first-order valence-corrected chi connectivity index (χ1v) is 5.72. The molecule has 1 aromatic heterocycles. The Kier molecular flexibility index (Phi) is 3.82. The molecule has 1 unspecified atom stereocenters. The first-order chi connectivity index (χ1) is 6.91. The smallest absolute Gasteiger partial charge is 0.347 e. The van der Waals surface area contributed by atoms with Crippen molar-refractivity contribution in [2.75, 3.05) is 0 Å². The average molecular weight is 228 g/mol. The van der Waals surface area contributed by atoms with E-state index in [-0.39, 0.29) is 6.04 Å². The highest BCUT2D eigenvalue weighted by Gasteiger charge is 2.19. The van der Waals surface area contributed by atoms with Crippen molar-refractivity contribution >= 4 is 17.3 Å². The molecule has 0 saturated carbocycles. The number of carboxylic acids is 1. The molecule has 0 aliphatic rings. The predicted molar refractivity (Wildman–Crippen MR) is 60.2 cm³/mol. The summed E-state index contributed by atoms with van der Waals surface area (Å²) in [5, 5.41) is 9.70. The van der Waals surface area contributed by atoms with Gasteiger partial charge in [-0.3, -0.25) is 0 Å². The largest absolute Gasteiger partial charge is 0.477 e. The van der Waals surface area contributed by atoms with Crippen LogP contribution in [0.2, 0.25) is 0 Å². The number of nitrogens with two attached hydrogens (primary N) is 1. The van der Waals surface area contributed by atoms with Crippen LogP contribution < -0.4 is 5.73 Å². The lowest BCUT2D eigenvalue weighted by Gasteiger charge is -2.01. The molecular weight excluding hydrogens is 212 g/mol. The molecule has 15 heavy (non-hydrogen) atoms. The second kappa shape index (κ2) is 4.72. The fourth-order valence-electron chi connectivity index (χ4n) is 1.26. The van der Waals surface area contributed by atoms with Gasteiger partial charge in [0.15, 0.2) is 0 Å². The highest BCUT2D eigenvalue weighted by Crippen LogP contribution is 2.24. The van der Waals surface area contributed by atoms with Crippen LogP contribution in [0.25, 0.3) is 0 Å². The lowest BCUT2D eigenvalue weighted by atomic mass is 10.1. The third kappa shape index (κ3) is 3.00. The van der Waals surface area contributed by atoms with Crippen LogP contribution in [0.4, 0.5) is 0 Å². The van der Waals surface area contributed by atoms with Crippen LogP contribution in [0.1, 0.15) is 47.2 Å². The van der Waals surface area contributed by atoms with Crippen LogP contribution in [-0.2, 0) is 6.42 Å². The highest BCUT2D eigenvalue weighted by atomic mass is 32.1. The molecule has 0 saturated heterocycles. The standard InChI is InChI=1S/C10H16N2O2S/c1-5(2)4-7-8(10(13)14)15-9(12-7)6(3)11/h5-6H,4,11H2,1-3H3,(H,13,14). The van der Waals surface area contributed by atoms with Gasteiger partial charge in [-0.25, -0.2) is 9.78 Å².